The van der Waals surface area contributed by atoms with Crippen LogP contribution in [-0.2, 0) is 12.8 Å². The van der Waals surface area contributed by atoms with Crippen LogP contribution in [0, 0.1) is 0 Å². The molecule has 0 aliphatic rings. The lowest BCUT2D eigenvalue weighted by atomic mass is 9.99. The molecular weight excluding hydrogens is 326 g/mol. The number of hydrogen-bond acceptors (Lipinski definition) is 2. The largest absolute Gasteiger partial charge is 0.497 e. The summed E-state index contributed by atoms with van der Waals surface area (Å²) in [5, 5.41) is 3.58. The van der Waals surface area contributed by atoms with E-state index < -0.39 is 0 Å². The molecule has 0 saturated carbocycles. The lowest BCUT2D eigenvalue weighted by molar-refractivity contribution is 0.413. The molecule has 0 heterocycles. The van der Waals surface area contributed by atoms with Crippen molar-refractivity contribution in [1.82, 2.24) is 5.32 Å². The zero-order chi connectivity index (χ0) is 15.1. The molecule has 0 fully saturated rings. The van der Waals surface area contributed by atoms with Crippen molar-refractivity contribution in [2.75, 3.05) is 13.7 Å². The number of rotatable bonds is 7. The number of likely N-dealkylation sites (N-methyl/N-ethyl adjacent to an activating group) is 1. The van der Waals surface area contributed by atoms with Gasteiger partial charge in [0.2, 0.25) is 0 Å². The molecule has 0 aliphatic heterocycles. The van der Waals surface area contributed by atoms with E-state index in [4.69, 9.17) is 4.74 Å². The van der Waals surface area contributed by atoms with Crippen LogP contribution in [0.2, 0.25) is 0 Å². The minimum atomic E-state index is 0.427. The maximum atomic E-state index is 5.30. The van der Waals surface area contributed by atoms with Crippen LogP contribution >= 0.6 is 15.9 Å². The second kappa shape index (κ2) is 8.20. The maximum Gasteiger partial charge on any atom is 0.119 e. The number of benzene rings is 2. The third-order valence-electron chi connectivity index (χ3n) is 3.48. The summed E-state index contributed by atoms with van der Waals surface area (Å²) < 4.78 is 6.44. The summed E-state index contributed by atoms with van der Waals surface area (Å²) in [5.74, 6) is 0.921. The predicted molar refractivity (Wildman–Crippen MR) is 92.0 cm³/mol. The van der Waals surface area contributed by atoms with Crippen LogP contribution < -0.4 is 10.1 Å². The minimum Gasteiger partial charge on any atom is -0.497 e. The summed E-state index contributed by atoms with van der Waals surface area (Å²) in [7, 11) is 1.71. The molecule has 3 heteroatoms. The molecule has 112 valence electrons. The highest BCUT2D eigenvalue weighted by atomic mass is 79.9. The Hall–Kier alpha value is -1.32. The molecule has 0 bridgehead atoms. The Morgan fingerprint density at radius 1 is 1.05 bits per heavy atom. The Morgan fingerprint density at radius 2 is 1.71 bits per heavy atom. The van der Waals surface area contributed by atoms with E-state index in [-0.39, 0.29) is 0 Å². The molecule has 2 nitrogen and oxygen atoms in total. The van der Waals surface area contributed by atoms with Crippen molar-refractivity contribution in [2.24, 2.45) is 0 Å². The van der Waals surface area contributed by atoms with E-state index in [9.17, 15) is 0 Å². The van der Waals surface area contributed by atoms with Crippen LogP contribution in [0.15, 0.2) is 53.0 Å². The summed E-state index contributed by atoms with van der Waals surface area (Å²) >= 11 is 3.54. The highest BCUT2D eigenvalue weighted by molar-refractivity contribution is 9.10. The Kier molecular flexibility index (Phi) is 6.27. The molecule has 0 saturated heterocycles. The van der Waals surface area contributed by atoms with Gasteiger partial charge in [-0.15, -0.1) is 0 Å². The standard InChI is InChI=1S/C18H22BrNO/c1-3-20-17(11-14-6-4-8-16(19)10-14)12-15-7-5-9-18(13-15)21-2/h4-10,13,17,20H,3,11-12H2,1-2H3. The number of nitrogens with one attached hydrogen (secondary N) is 1. The molecule has 0 amide bonds. The zero-order valence-corrected chi connectivity index (χ0v) is 14.2. The molecule has 1 N–H and O–H groups in total. The first kappa shape index (κ1) is 16.1. The molecule has 2 aromatic rings. The third-order valence-corrected chi connectivity index (χ3v) is 3.97. The molecule has 0 aromatic heterocycles. The summed E-state index contributed by atoms with van der Waals surface area (Å²) in [6.45, 7) is 3.13. The van der Waals surface area contributed by atoms with Crippen molar-refractivity contribution < 1.29 is 4.74 Å². The fourth-order valence-corrected chi connectivity index (χ4v) is 2.98. The van der Waals surface area contributed by atoms with E-state index in [0.29, 0.717) is 6.04 Å². The first-order valence-electron chi connectivity index (χ1n) is 7.32. The van der Waals surface area contributed by atoms with Gasteiger partial charge in [-0.3, -0.25) is 0 Å². The topological polar surface area (TPSA) is 21.3 Å². The predicted octanol–water partition coefficient (Wildman–Crippen LogP) is 4.22. The van der Waals surface area contributed by atoms with Gasteiger partial charge in [-0.25, -0.2) is 0 Å². The van der Waals surface area contributed by atoms with E-state index in [1.807, 2.05) is 6.07 Å². The second-order valence-electron chi connectivity index (χ2n) is 5.14. The first-order valence-corrected chi connectivity index (χ1v) is 8.11. The van der Waals surface area contributed by atoms with Crippen LogP contribution in [0.25, 0.3) is 0 Å². The molecule has 0 spiro atoms. The van der Waals surface area contributed by atoms with E-state index in [2.05, 4.69) is 70.6 Å². The van der Waals surface area contributed by atoms with Crippen molar-refractivity contribution >= 4 is 15.9 Å². The van der Waals surface area contributed by atoms with E-state index in [1.165, 1.54) is 11.1 Å². The molecule has 0 radical (unpaired) electrons. The van der Waals surface area contributed by atoms with Crippen molar-refractivity contribution in [3.63, 3.8) is 0 Å². The van der Waals surface area contributed by atoms with Gasteiger partial charge in [-0.05, 0) is 54.8 Å². The molecule has 0 aliphatic carbocycles. The Bertz CT molecular complexity index is 571. The molecule has 1 atom stereocenters. The van der Waals surface area contributed by atoms with Crippen LogP contribution in [-0.4, -0.2) is 19.7 Å². The summed E-state index contributed by atoms with van der Waals surface area (Å²) in [5.41, 5.74) is 2.65. The lowest BCUT2D eigenvalue weighted by Gasteiger charge is -2.18. The van der Waals surface area contributed by atoms with Crippen molar-refractivity contribution in [1.29, 1.82) is 0 Å². The average Bonchev–Trinajstić information content (AvgIpc) is 2.48. The van der Waals surface area contributed by atoms with Gasteiger partial charge in [0.1, 0.15) is 5.75 Å². The smallest absolute Gasteiger partial charge is 0.119 e. The monoisotopic (exact) mass is 347 g/mol. The van der Waals surface area contributed by atoms with Crippen LogP contribution in [0.1, 0.15) is 18.1 Å². The fourth-order valence-electron chi connectivity index (χ4n) is 2.54. The van der Waals surface area contributed by atoms with Crippen molar-refractivity contribution in [3.05, 3.63) is 64.1 Å². The van der Waals surface area contributed by atoms with E-state index >= 15 is 0 Å². The molecule has 2 aromatic carbocycles. The van der Waals surface area contributed by atoms with Gasteiger partial charge >= 0.3 is 0 Å². The van der Waals surface area contributed by atoms with Gasteiger partial charge in [0, 0.05) is 10.5 Å². The number of hydrogen-bond donors (Lipinski definition) is 1. The Labute approximate surface area is 135 Å². The van der Waals surface area contributed by atoms with Gasteiger partial charge in [0.05, 0.1) is 7.11 Å². The SMILES string of the molecule is CCNC(Cc1cccc(Br)c1)Cc1cccc(OC)c1. The van der Waals surface area contributed by atoms with Crippen molar-refractivity contribution in [2.45, 2.75) is 25.8 Å². The highest BCUT2D eigenvalue weighted by Crippen LogP contribution is 2.17. The number of halogens is 1. The Morgan fingerprint density at radius 3 is 2.33 bits per heavy atom. The number of methoxy groups -OCH3 is 1. The Balaban J connectivity index is 2.07. The molecular formula is C18H22BrNO. The molecule has 1 unspecified atom stereocenters. The van der Waals surface area contributed by atoms with Gasteiger partial charge in [-0.1, -0.05) is 47.1 Å². The van der Waals surface area contributed by atoms with E-state index in [1.54, 1.807) is 7.11 Å². The van der Waals surface area contributed by atoms with Gasteiger partial charge in [0.15, 0.2) is 0 Å². The van der Waals surface area contributed by atoms with Gasteiger partial charge < -0.3 is 10.1 Å². The van der Waals surface area contributed by atoms with Crippen LogP contribution in [0.3, 0.4) is 0 Å². The van der Waals surface area contributed by atoms with Gasteiger partial charge in [-0.2, -0.15) is 0 Å². The summed E-state index contributed by atoms with van der Waals surface area (Å²) in [6, 6.07) is 17.3. The first-order chi connectivity index (χ1) is 10.2. The van der Waals surface area contributed by atoms with Crippen LogP contribution in [0.5, 0.6) is 5.75 Å². The lowest BCUT2D eigenvalue weighted by Crippen LogP contribution is -2.33. The zero-order valence-electron chi connectivity index (χ0n) is 12.6. The van der Waals surface area contributed by atoms with Crippen LogP contribution in [0.4, 0.5) is 0 Å². The summed E-state index contributed by atoms with van der Waals surface area (Å²) in [4.78, 5) is 0. The highest BCUT2D eigenvalue weighted by Gasteiger charge is 2.10. The van der Waals surface area contributed by atoms with Gasteiger partial charge in [0.25, 0.3) is 0 Å². The molecule has 2 rings (SSSR count). The molecule has 21 heavy (non-hydrogen) atoms. The fraction of sp³-hybridized carbons (Fsp3) is 0.333. The second-order valence-corrected chi connectivity index (χ2v) is 6.06. The number of ether oxygens (including phenoxy) is 1. The average molecular weight is 348 g/mol. The third kappa shape index (κ3) is 5.18. The minimum absolute atomic E-state index is 0.427. The quantitative estimate of drug-likeness (QED) is 0.809. The normalized spacial score (nSPS) is 12.1. The maximum absolute atomic E-state index is 5.30. The van der Waals surface area contributed by atoms with Crippen molar-refractivity contribution in [3.8, 4) is 5.75 Å². The summed E-state index contributed by atoms with van der Waals surface area (Å²) in [6.07, 6.45) is 2.02. The van der Waals surface area contributed by atoms with E-state index in [0.717, 1.165) is 29.6 Å².